The Balaban J connectivity index is 0.00000106. The number of imidazole rings is 2. The number of nitrogens with zero attached hydrogens (tertiary/aromatic N) is 8. The predicted octanol–water partition coefficient (Wildman–Crippen LogP) is 6.16. The molecule has 0 saturated carbocycles. The molecular formula is C51H69BClN9NaO3. The number of aryl methyl sites for hydroxylation is 2. The Morgan fingerprint density at radius 3 is 1.53 bits per heavy atom. The van der Waals surface area contributed by atoms with Crippen LogP contribution in [0.3, 0.4) is 0 Å². The van der Waals surface area contributed by atoms with Crippen LogP contribution in [0.1, 0.15) is 87.8 Å². The van der Waals surface area contributed by atoms with Crippen LogP contribution in [0.4, 0.5) is 0 Å². The van der Waals surface area contributed by atoms with Gasteiger partial charge in [0.2, 0.25) is 0 Å². The number of carbonyl (C=O) groups is 3. The molecule has 347 valence electrons. The Labute approximate surface area is 424 Å². The van der Waals surface area contributed by atoms with Crippen LogP contribution < -0.4 is 34.9 Å². The van der Waals surface area contributed by atoms with Crippen LogP contribution >= 0.6 is 12.4 Å². The average Bonchev–Trinajstić information content (AvgIpc) is 4.10. The largest absolute Gasteiger partial charge is 1.00 e. The molecule has 2 aromatic heterocycles. The maximum atomic E-state index is 13.0. The summed E-state index contributed by atoms with van der Waals surface area (Å²) in [7, 11) is 3.83. The van der Waals surface area contributed by atoms with Gasteiger partial charge in [-0.05, 0) is 112 Å². The predicted molar refractivity (Wildman–Crippen MR) is 269 cm³/mol. The van der Waals surface area contributed by atoms with Gasteiger partial charge in [0, 0.05) is 89.2 Å². The molecule has 8 rings (SSSR count). The Hall–Kier alpha value is -4.81. The van der Waals surface area contributed by atoms with Gasteiger partial charge in [0.15, 0.2) is 0 Å². The maximum Gasteiger partial charge on any atom is 1.00 e. The molecule has 12 nitrogen and oxygen atoms in total. The minimum absolute atomic E-state index is 0. The first-order valence-electron chi connectivity index (χ1n) is 21.1. The second-order valence-corrected chi connectivity index (χ2v) is 16.5. The maximum absolute atomic E-state index is 13.0. The van der Waals surface area contributed by atoms with E-state index in [9.17, 15) is 14.4 Å². The van der Waals surface area contributed by atoms with Gasteiger partial charge in [-0.25, -0.2) is 9.97 Å². The molecule has 3 radical (unpaired) electrons. The number of aldehydes is 1. The summed E-state index contributed by atoms with van der Waals surface area (Å²) >= 11 is 0. The minimum atomic E-state index is 0. The first kappa shape index (κ1) is 61.2. The molecule has 1 N–H and O–H groups in total. The van der Waals surface area contributed by atoms with Crippen molar-refractivity contribution < 1.29 is 43.9 Å². The Morgan fingerprint density at radius 1 is 0.742 bits per heavy atom. The van der Waals surface area contributed by atoms with Crippen LogP contribution in [-0.4, -0.2) is 119 Å². The fraction of sp³-hybridized carbons (Fsp3) is 0.412. The van der Waals surface area contributed by atoms with Crippen LogP contribution in [0.2, 0.25) is 0 Å². The van der Waals surface area contributed by atoms with Crippen molar-refractivity contribution in [2.24, 2.45) is 11.8 Å². The van der Waals surface area contributed by atoms with E-state index in [0.29, 0.717) is 12.0 Å². The normalized spacial score (nSPS) is 14.8. The summed E-state index contributed by atoms with van der Waals surface area (Å²) in [6.45, 7) is 22.0. The topological polar surface area (TPSA) is 132 Å². The molecule has 2 fully saturated rings. The first-order valence-corrected chi connectivity index (χ1v) is 21.1. The molecule has 66 heavy (non-hydrogen) atoms. The van der Waals surface area contributed by atoms with Gasteiger partial charge in [-0.15, -0.1) is 12.4 Å². The summed E-state index contributed by atoms with van der Waals surface area (Å²) in [5.41, 5.74) is 7.63. The van der Waals surface area contributed by atoms with Crippen LogP contribution in [0.5, 0.6) is 0 Å². The van der Waals surface area contributed by atoms with Gasteiger partial charge in [-0.1, -0.05) is 66.8 Å². The van der Waals surface area contributed by atoms with Crippen molar-refractivity contribution in [1.82, 2.24) is 39.1 Å². The zero-order valence-corrected chi connectivity index (χ0v) is 41.7. The number of nitrogens with one attached hydrogen (secondary N) is 1. The Kier molecular flexibility index (Phi) is 26.9. The van der Waals surface area contributed by atoms with Gasteiger partial charge < -0.3 is 36.6 Å². The quantitative estimate of drug-likeness (QED) is 0.104. The van der Waals surface area contributed by atoms with Gasteiger partial charge in [0.1, 0.15) is 17.9 Å². The third-order valence-corrected chi connectivity index (χ3v) is 11.1. The summed E-state index contributed by atoms with van der Waals surface area (Å²) in [6.07, 6.45) is 2.98. The average molecular weight is 925 g/mol. The number of hydrogen-bond donors (Lipinski definition) is 1. The number of aromatic nitrogens is 4. The van der Waals surface area contributed by atoms with Gasteiger partial charge in [0.25, 0.3) is 11.8 Å². The summed E-state index contributed by atoms with van der Waals surface area (Å²) in [5.74, 6) is 2.92. The molecule has 2 atom stereocenters. The van der Waals surface area contributed by atoms with Gasteiger partial charge in [-0.2, -0.15) is 0 Å². The van der Waals surface area contributed by atoms with Crippen molar-refractivity contribution >= 4 is 61.0 Å². The standard InChI is InChI=1S/C24H30N4O.C20H22N4O.C4H8O.CN.2CH4.B.ClH.Na/c1-17(2)15-27-14-13-21(16-27)26(4)24(29)19-9-11-20(12-10-19)28-18(3)25-22-7-5-6-8-23(22)28;1-14-22-18-5-3-4-6-19(18)24(14)16-9-7-15(8-10-16)20(25)23(2)17-11-12-21-13-17;1-4(2)3-5;1-2;;;;;/h5-12,17,21H,13-16H2,1-4H3;3-10,17,21H,11-13H2,1-2H3;3-4H,1-2H3;;2*1H4;;1H;/q;;;-1;;;;;+1. The number of halogens is 1. The summed E-state index contributed by atoms with van der Waals surface area (Å²) < 4.78 is 4.25. The number of likely N-dealkylation sites (tertiary alicyclic amines) is 1. The van der Waals surface area contributed by atoms with E-state index < -0.39 is 0 Å². The number of likely N-dealkylation sites (N-methyl/N-ethyl adjacent to an activating group) is 2. The zero-order valence-electron chi connectivity index (χ0n) is 38.9. The summed E-state index contributed by atoms with van der Waals surface area (Å²) in [6, 6.07) is 32.5. The van der Waals surface area contributed by atoms with Crippen LogP contribution in [0.15, 0.2) is 97.1 Å². The van der Waals surface area contributed by atoms with Crippen molar-refractivity contribution in [2.45, 2.75) is 81.3 Å². The molecule has 2 unspecified atom stereocenters. The fourth-order valence-corrected chi connectivity index (χ4v) is 7.97. The number of fused-ring (bicyclic) bond motifs is 2. The van der Waals surface area contributed by atoms with Gasteiger partial charge in [0.05, 0.1) is 22.1 Å². The second kappa shape index (κ2) is 29.1. The molecular weight excluding hydrogens is 856 g/mol. The molecule has 4 aromatic carbocycles. The van der Waals surface area contributed by atoms with E-state index in [0.717, 1.165) is 108 Å². The monoisotopic (exact) mass is 925 g/mol. The van der Waals surface area contributed by atoms with Crippen molar-refractivity contribution in [2.75, 3.05) is 46.8 Å². The Morgan fingerprint density at radius 2 is 1.15 bits per heavy atom. The number of amides is 2. The van der Waals surface area contributed by atoms with E-state index in [4.69, 9.17) is 11.8 Å². The third-order valence-electron chi connectivity index (χ3n) is 11.1. The summed E-state index contributed by atoms with van der Waals surface area (Å²) in [5, 5.41) is 9.56. The molecule has 2 aliphatic heterocycles. The van der Waals surface area contributed by atoms with Crippen molar-refractivity contribution in [1.29, 1.82) is 5.26 Å². The molecule has 0 bridgehead atoms. The number of hydrogen-bond acceptors (Lipinski definition) is 8. The third kappa shape index (κ3) is 15.1. The van der Waals surface area contributed by atoms with E-state index in [2.05, 4.69) is 55.3 Å². The number of carbonyl (C=O) groups excluding carboxylic acids is 3. The molecule has 6 aromatic rings. The van der Waals surface area contributed by atoms with Crippen molar-refractivity contribution in [3.05, 3.63) is 126 Å². The van der Waals surface area contributed by atoms with Gasteiger partial charge in [-0.3, -0.25) is 18.7 Å². The smallest absolute Gasteiger partial charge is 0.512 e. The summed E-state index contributed by atoms with van der Waals surface area (Å²) in [4.78, 5) is 50.7. The van der Waals surface area contributed by atoms with Crippen LogP contribution in [0.25, 0.3) is 33.4 Å². The Bertz CT molecular complexity index is 2410. The molecule has 0 spiro atoms. The molecule has 4 heterocycles. The molecule has 2 amide bonds. The second-order valence-electron chi connectivity index (χ2n) is 16.5. The van der Waals surface area contributed by atoms with E-state index in [1.165, 1.54) is 0 Å². The van der Waals surface area contributed by atoms with Crippen LogP contribution in [-0.2, 0) is 4.79 Å². The first-order chi connectivity index (χ1) is 29.4. The van der Waals surface area contributed by atoms with Crippen molar-refractivity contribution in [3.8, 4) is 11.4 Å². The number of rotatable bonds is 9. The number of para-hydroxylation sites is 4. The molecule has 2 saturated heterocycles. The van der Waals surface area contributed by atoms with E-state index in [1.54, 1.807) is 0 Å². The molecule has 0 aliphatic carbocycles. The van der Waals surface area contributed by atoms with Gasteiger partial charge >= 0.3 is 29.6 Å². The number of benzene rings is 4. The van der Waals surface area contributed by atoms with E-state index in [-0.39, 0.29) is 89.0 Å². The molecule has 2 aliphatic rings. The van der Waals surface area contributed by atoms with Crippen molar-refractivity contribution in [3.63, 3.8) is 0 Å². The SMILES string of the molecule is C.C.CC(C)C=O.Cc1nc2ccccc2n1-c1ccc(C(=O)N(C)C2CCN(CC(C)C)C2)cc1.Cc1nc2ccccc2n1-c1ccc(C(=O)N(C)C2CCNC2)cc1.Cl.[B].[C-]#N.[Na+]. The minimum Gasteiger partial charge on any atom is -0.512 e. The van der Waals surface area contributed by atoms with Crippen LogP contribution in [0, 0.1) is 37.5 Å². The van der Waals surface area contributed by atoms with E-state index in [1.807, 2.05) is 137 Å². The fourth-order valence-electron chi connectivity index (χ4n) is 7.97. The molecule has 15 heteroatoms. The zero-order chi connectivity index (χ0) is 44.2. The van der Waals surface area contributed by atoms with E-state index >= 15 is 0 Å².